The molecule has 0 saturated carbocycles. The van der Waals surface area contributed by atoms with E-state index in [1.807, 2.05) is 12.1 Å². The van der Waals surface area contributed by atoms with Crippen LogP contribution in [0.2, 0.25) is 5.02 Å². The van der Waals surface area contributed by atoms with Gasteiger partial charge in [0.05, 0.1) is 16.1 Å². The number of hydrogen-bond acceptors (Lipinski definition) is 5. The summed E-state index contributed by atoms with van der Waals surface area (Å²) in [6, 6.07) is 14.9. The van der Waals surface area contributed by atoms with Crippen LogP contribution in [-0.4, -0.2) is 28.4 Å². The van der Waals surface area contributed by atoms with E-state index in [1.54, 1.807) is 30.3 Å². The molecule has 1 N–H and O–H groups in total. The molecule has 2 heterocycles. The quantitative estimate of drug-likeness (QED) is 0.254. The van der Waals surface area contributed by atoms with Gasteiger partial charge in [0.2, 0.25) is 0 Å². The Kier molecular flexibility index (Phi) is 8.86. The summed E-state index contributed by atoms with van der Waals surface area (Å²) in [6.45, 7) is 0. The first-order valence-electron chi connectivity index (χ1n) is 8.01. The number of esters is 1. The first-order valence-corrected chi connectivity index (χ1v) is 8.70. The van der Waals surface area contributed by atoms with Gasteiger partial charge < -0.3 is 56.1 Å². The first-order chi connectivity index (χ1) is 13.0. The van der Waals surface area contributed by atoms with Crippen molar-refractivity contribution in [2.24, 2.45) is 0 Å². The molecule has 5 nitrogen and oxygen atoms in total. The Morgan fingerprint density at radius 3 is 2.35 bits per heavy atom. The van der Waals surface area contributed by atoms with Crippen LogP contribution in [0, 0.1) is 0 Å². The second-order valence-electron chi connectivity index (χ2n) is 6.25. The topological polar surface area (TPSA) is 65.0 Å². The van der Waals surface area contributed by atoms with E-state index >= 15 is 0 Å². The molecule has 0 radical (unpaired) electrons. The van der Waals surface area contributed by atoms with Gasteiger partial charge in [0.1, 0.15) is 34.9 Å². The molecule has 0 saturated heterocycles. The third-order valence-electron chi connectivity index (χ3n) is 4.80. The van der Waals surface area contributed by atoms with E-state index in [0.29, 0.717) is 33.8 Å². The Bertz CT molecular complexity index is 1140. The van der Waals surface area contributed by atoms with Crippen LogP contribution < -0.4 is 46.2 Å². The number of aromatic hydroxyl groups is 1. The molecule has 1 unspecified atom stereocenters. The molecule has 1 atom stereocenters. The Labute approximate surface area is 217 Å². The zero-order valence-electron chi connectivity index (χ0n) is 15.2. The van der Waals surface area contributed by atoms with Gasteiger partial charge in [-0.1, -0.05) is 29.8 Å². The van der Waals surface area contributed by atoms with Crippen LogP contribution in [0.25, 0.3) is 0 Å². The zero-order chi connectivity index (χ0) is 18.8. The Morgan fingerprint density at radius 2 is 1.65 bits per heavy atom. The van der Waals surface area contributed by atoms with E-state index in [9.17, 15) is 9.90 Å². The predicted molar refractivity (Wildman–Crippen MR) is 104 cm³/mol. The summed E-state index contributed by atoms with van der Waals surface area (Å²) in [7, 11) is 0. The summed E-state index contributed by atoms with van der Waals surface area (Å²) in [5, 5.41) is 10.2. The fraction of sp³-hybridized carbons (Fsp3) is 0.0500. The number of phenols is 1. The maximum absolute atomic E-state index is 12.7. The summed E-state index contributed by atoms with van der Waals surface area (Å²) >= 11 is 12.0. The molecule has 3 aromatic rings. The molecule has 1 spiro atoms. The van der Waals surface area contributed by atoms with Crippen molar-refractivity contribution in [2.75, 3.05) is 0 Å². The van der Waals surface area contributed by atoms with E-state index < -0.39 is 11.6 Å². The van der Waals surface area contributed by atoms with Gasteiger partial charge in [-0.15, -0.1) is 0 Å². The molecule has 0 fully saturated rings. The minimum Gasteiger partial charge on any atom is -1.00 e. The van der Waals surface area contributed by atoms with Crippen LogP contribution in [0.5, 0.6) is 23.0 Å². The van der Waals surface area contributed by atoms with Crippen molar-refractivity contribution in [3.63, 3.8) is 0 Å². The summed E-state index contributed by atoms with van der Waals surface area (Å²) in [6.07, 6.45) is 0. The maximum atomic E-state index is 12.7. The van der Waals surface area contributed by atoms with Crippen molar-refractivity contribution in [3.8, 4) is 23.0 Å². The number of phenolic OH excluding ortho intramolecular Hbond substituents is 1. The molecule has 158 valence electrons. The van der Waals surface area contributed by atoms with E-state index in [0.717, 1.165) is 0 Å². The number of hydrogen-bond donors (Lipinski definition) is 1. The van der Waals surface area contributed by atoms with Crippen LogP contribution in [0.1, 0.15) is 27.0 Å². The van der Waals surface area contributed by atoms with Crippen molar-refractivity contribution in [2.45, 2.75) is 5.60 Å². The summed E-state index contributed by atoms with van der Waals surface area (Å²) < 4.78 is 16.7. The average Bonchev–Trinajstić information content (AvgIpc) is 2.94. The Balaban J connectivity index is 0.00000120. The largest absolute Gasteiger partial charge is 3.00 e. The third kappa shape index (κ3) is 3.92. The molecule has 2 aliphatic heterocycles. The van der Waals surface area contributed by atoms with Gasteiger partial charge >= 0.3 is 23.3 Å². The van der Waals surface area contributed by atoms with Gasteiger partial charge in [-0.2, -0.15) is 0 Å². The van der Waals surface area contributed by atoms with Gasteiger partial charge in [-0.05, 0) is 24.3 Å². The van der Waals surface area contributed by atoms with E-state index in [4.69, 9.17) is 37.2 Å². The van der Waals surface area contributed by atoms with Crippen molar-refractivity contribution in [1.82, 2.24) is 0 Å². The van der Waals surface area contributed by atoms with Crippen molar-refractivity contribution >= 4 is 46.8 Å². The molecule has 0 bridgehead atoms. The van der Waals surface area contributed by atoms with E-state index in [1.165, 1.54) is 12.1 Å². The molecular weight excluding hydrogens is 524 g/mol. The maximum Gasteiger partial charge on any atom is 3.00 e. The summed E-state index contributed by atoms with van der Waals surface area (Å²) in [5.41, 5.74) is 0.823. The number of ether oxygens (including phenoxy) is 2. The molecule has 31 heavy (non-hydrogen) atoms. The third-order valence-corrected chi connectivity index (χ3v) is 5.28. The first kappa shape index (κ1) is 27.5. The minimum absolute atomic E-state index is 0. The van der Waals surface area contributed by atoms with Crippen LogP contribution in [0.4, 0.5) is 0 Å². The van der Waals surface area contributed by atoms with Crippen molar-refractivity contribution in [1.29, 1.82) is 0 Å². The van der Waals surface area contributed by atoms with Crippen LogP contribution in [0.3, 0.4) is 0 Å². The average molecular weight is 535 g/mol. The van der Waals surface area contributed by atoms with Gasteiger partial charge in [-0.3, -0.25) is 0 Å². The molecule has 0 amide bonds. The number of benzene rings is 3. The standard InChI is InChI=1S/C20H10Cl2O5.Al.3ClH/c21-15-7-10(23)8-17-18(15)20(13-4-2-1-3-12(13)19(24)26-20)14-6-5-11(27-22)9-16(14)25-17;;;;/h1-9,23H;;3*1H/q;+3;;;/p-3. The molecular formula is C20H10AlCl5O5. The van der Waals surface area contributed by atoms with E-state index in [-0.39, 0.29) is 71.1 Å². The van der Waals surface area contributed by atoms with Gasteiger partial charge in [0.15, 0.2) is 5.60 Å². The number of rotatable bonds is 1. The zero-order valence-corrected chi connectivity index (χ0v) is 20.2. The number of fused-ring (bicyclic) bond motifs is 6. The summed E-state index contributed by atoms with van der Waals surface area (Å²) in [5.74, 6) is 0.485. The second-order valence-corrected chi connectivity index (χ2v) is 6.82. The second kappa shape index (κ2) is 9.98. The molecule has 11 heteroatoms. The fourth-order valence-electron chi connectivity index (χ4n) is 3.77. The van der Waals surface area contributed by atoms with Gasteiger partial charge in [0.25, 0.3) is 0 Å². The SMILES string of the molecule is O=C1OC2(c3ccc(OCl)cc3Oc3cc(O)cc(Cl)c32)c2ccccc21.[Al+3].[Cl-].[Cl-].[Cl-]. The molecule has 0 aliphatic carbocycles. The van der Waals surface area contributed by atoms with E-state index in [2.05, 4.69) is 0 Å². The Morgan fingerprint density at radius 1 is 0.935 bits per heavy atom. The van der Waals surface area contributed by atoms with Gasteiger partial charge in [-0.25, -0.2) is 4.79 Å². The molecule has 5 rings (SSSR count). The van der Waals surface area contributed by atoms with Crippen molar-refractivity contribution in [3.05, 3.63) is 81.9 Å². The molecule has 0 aromatic heterocycles. The molecule has 3 aromatic carbocycles. The smallest absolute Gasteiger partial charge is 1.00 e. The predicted octanol–water partition coefficient (Wildman–Crippen LogP) is -4.22. The fourth-order valence-corrected chi connectivity index (χ4v) is 4.21. The number of carbonyl (C=O) groups excluding carboxylic acids is 1. The monoisotopic (exact) mass is 532 g/mol. The Hall–Kier alpha value is -1.49. The normalized spacial score (nSPS) is 16.5. The minimum atomic E-state index is -1.30. The van der Waals surface area contributed by atoms with Gasteiger partial charge in [0, 0.05) is 23.3 Å². The van der Waals surface area contributed by atoms with Crippen LogP contribution in [0.15, 0.2) is 54.6 Å². The van der Waals surface area contributed by atoms with Crippen LogP contribution >= 0.6 is 23.5 Å². The van der Waals surface area contributed by atoms with Crippen LogP contribution in [-0.2, 0) is 10.3 Å². The number of halogens is 5. The number of carbonyl (C=O) groups is 1. The summed E-state index contributed by atoms with van der Waals surface area (Å²) in [4.78, 5) is 12.7. The van der Waals surface area contributed by atoms with Crippen molar-refractivity contribution < 1.29 is 60.9 Å². The molecule has 2 aliphatic rings.